The standard InChI is InChI=1S/C7H11F3IN/c1-6(11)2-3-12(4-6)5-7(8,9)10/h2-5H2,1H3. The summed E-state index contributed by atoms with van der Waals surface area (Å²) in [5, 5.41) is 0. The first-order chi connectivity index (χ1) is 5.29. The quantitative estimate of drug-likeness (QED) is 0.530. The Morgan fingerprint density at radius 2 is 2.08 bits per heavy atom. The summed E-state index contributed by atoms with van der Waals surface area (Å²) in [5.74, 6) is 0. The molecule has 0 saturated carbocycles. The lowest BCUT2D eigenvalue weighted by Crippen LogP contribution is -2.34. The number of halogens is 4. The number of likely N-dealkylation sites (tertiary alicyclic amines) is 1. The van der Waals surface area contributed by atoms with Crippen LogP contribution in [0.5, 0.6) is 0 Å². The molecule has 1 atom stereocenters. The SMILES string of the molecule is CC1(I)CCN(CC(F)(F)F)C1. The van der Waals surface area contributed by atoms with Gasteiger partial charge in [-0.1, -0.05) is 22.6 Å². The van der Waals surface area contributed by atoms with Crippen molar-refractivity contribution in [3.05, 3.63) is 0 Å². The average Bonchev–Trinajstić information content (AvgIpc) is 2.05. The molecule has 0 aliphatic carbocycles. The van der Waals surface area contributed by atoms with Gasteiger partial charge in [-0.25, -0.2) is 0 Å². The van der Waals surface area contributed by atoms with Crippen LogP contribution in [0.3, 0.4) is 0 Å². The van der Waals surface area contributed by atoms with Crippen LogP contribution in [0, 0.1) is 0 Å². The predicted octanol–water partition coefficient (Wildman–Crippen LogP) is 2.45. The van der Waals surface area contributed by atoms with Crippen molar-refractivity contribution < 1.29 is 13.2 Å². The van der Waals surface area contributed by atoms with Crippen molar-refractivity contribution in [2.75, 3.05) is 19.6 Å². The minimum Gasteiger partial charge on any atom is -0.294 e. The second kappa shape index (κ2) is 3.32. The van der Waals surface area contributed by atoms with Gasteiger partial charge < -0.3 is 0 Å². The summed E-state index contributed by atoms with van der Waals surface area (Å²) in [6.45, 7) is 2.35. The minimum atomic E-state index is -4.04. The molecule has 1 aliphatic rings. The van der Waals surface area contributed by atoms with E-state index in [0.717, 1.165) is 6.42 Å². The topological polar surface area (TPSA) is 3.24 Å². The second-order valence-corrected chi connectivity index (χ2v) is 6.09. The van der Waals surface area contributed by atoms with E-state index in [9.17, 15) is 13.2 Å². The van der Waals surface area contributed by atoms with Gasteiger partial charge in [0.25, 0.3) is 0 Å². The number of rotatable bonds is 1. The van der Waals surface area contributed by atoms with Crippen LogP contribution in [0.4, 0.5) is 13.2 Å². The maximum atomic E-state index is 11.9. The third-order valence-corrected chi connectivity index (χ3v) is 2.79. The molecule has 72 valence electrons. The van der Waals surface area contributed by atoms with Crippen molar-refractivity contribution >= 4 is 22.6 Å². The molecule has 5 heteroatoms. The van der Waals surface area contributed by atoms with Gasteiger partial charge in [0.15, 0.2) is 0 Å². The molecule has 0 aromatic heterocycles. The third kappa shape index (κ3) is 3.47. The van der Waals surface area contributed by atoms with Gasteiger partial charge in [-0.05, 0) is 19.9 Å². The van der Waals surface area contributed by atoms with Gasteiger partial charge in [-0.15, -0.1) is 0 Å². The Morgan fingerprint density at radius 3 is 2.42 bits per heavy atom. The van der Waals surface area contributed by atoms with Crippen molar-refractivity contribution in [2.45, 2.75) is 22.9 Å². The van der Waals surface area contributed by atoms with Gasteiger partial charge in [0.05, 0.1) is 6.54 Å². The van der Waals surface area contributed by atoms with E-state index < -0.39 is 12.7 Å². The smallest absolute Gasteiger partial charge is 0.294 e. The van der Waals surface area contributed by atoms with Gasteiger partial charge in [-0.2, -0.15) is 13.2 Å². The summed E-state index contributed by atoms with van der Waals surface area (Å²) in [6.07, 6.45) is -3.19. The van der Waals surface area contributed by atoms with Crippen molar-refractivity contribution in [2.24, 2.45) is 0 Å². The van der Waals surface area contributed by atoms with E-state index in [4.69, 9.17) is 0 Å². The normalized spacial score (nSPS) is 32.8. The summed E-state index contributed by atoms with van der Waals surface area (Å²) in [7, 11) is 0. The maximum Gasteiger partial charge on any atom is 0.401 e. The highest BCUT2D eigenvalue weighted by Crippen LogP contribution is 2.31. The molecule has 1 aliphatic heterocycles. The van der Waals surface area contributed by atoms with Crippen LogP contribution < -0.4 is 0 Å². The third-order valence-electron chi connectivity index (χ3n) is 1.91. The van der Waals surface area contributed by atoms with E-state index in [-0.39, 0.29) is 3.42 Å². The molecule has 1 heterocycles. The Kier molecular flexibility index (Phi) is 2.92. The van der Waals surface area contributed by atoms with E-state index in [2.05, 4.69) is 22.6 Å². The van der Waals surface area contributed by atoms with E-state index in [1.54, 1.807) is 0 Å². The fourth-order valence-corrected chi connectivity index (χ4v) is 2.13. The number of hydrogen-bond donors (Lipinski definition) is 0. The lowest BCUT2D eigenvalue weighted by molar-refractivity contribution is -0.143. The molecule has 0 N–H and O–H groups in total. The molecule has 0 spiro atoms. The Balaban J connectivity index is 2.39. The van der Waals surface area contributed by atoms with Gasteiger partial charge in [-0.3, -0.25) is 4.90 Å². The summed E-state index contributed by atoms with van der Waals surface area (Å²) in [6, 6.07) is 0. The molecule has 0 radical (unpaired) electrons. The largest absolute Gasteiger partial charge is 0.401 e. The zero-order valence-corrected chi connectivity index (χ0v) is 8.94. The second-order valence-electron chi connectivity index (χ2n) is 3.49. The van der Waals surface area contributed by atoms with Gasteiger partial charge in [0.1, 0.15) is 0 Å². The molecule has 1 rings (SSSR count). The zero-order chi connectivity index (χ0) is 9.41. The van der Waals surface area contributed by atoms with Crippen LogP contribution in [0.2, 0.25) is 0 Å². The Labute approximate surface area is 83.4 Å². The van der Waals surface area contributed by atoms with Gasteiger partial charge in [0, 0.05) is 9.97 Å². The summed E-state index contributed by atoms with van der Waals surface area (Å²) in [4.78, 5) is 1.46. The Bertz CT molecular complexity index is 167. The van der Waals surface area contributed by atoms with Crippen molar-refractivity contribution in [3.8, 4) is 0 Å². The molecule has 1 saturated heterocycles. The molecule has 0 amide bonds. The molecule has 0 bridgehead atoms. The lowest BCUT2D eigenvalue weighted by atomic mass is 10.2. The van der Waals surface area contributed by atoms with Crippen molar-refractivity contribution in [3.63, 3.8) is 0 Å². The van der Waals surface area contributed by atoms with Crippen LogP contribution in [-0.2, 0) is 0 Å². The molecule has 1 unspecified atom stereocenters. The van der Waals surface area contributed by atoms with Crippen molar-refractivity contribution in [1.82, 2.24) is 4.90 Å². The van der Waals surface area contributed by atoms with E-state index >= 15 is 0 Å². The number of hydrogen-bond acceptors (Lipinski definition) is 1. The van der Waals surface area contributed by atoms with Crippen LogP contribution >= 0.6 is 22.6 Å². The fourth-order valence-electron chi connectivity index (χ4n) is 1.40. The van der Waals surface area contributed by atoms with Crippen LogP contribution in [0.1, 0.15) is 13.3 Å². The summed E-state index contributed by atoms with van der Waals surface area (Å²) >= 11 is 2.22. The molecular formula is C7H11F3IN. The predicted molar refractivity (Wildman–Crippen MR) is 49.5 cm³/mol. The molecular weight excluding hydrogens is 282 g/mol. The molecule has 1 nitrogen and oxygen atoms in total. The Hall–Kier alpha value is 0.480. The minimum absolute atomic E-state index is 0.0308. The first kappa shape index (κ1) is 10.6. The number of alkyl halides is 4. The molecule has 12 heavy (non-hydrogen) atoms. The van der Waals surface area contributed by atoms with E-state index in [1.807, 2.05) is 6.92 Å². The average molecular weight is 293 g/mol. The summed E-state index contributed by atoms with van der Waals surface area (Å²) in [5.41, 5.74) is 0. The molecule has 0 aromatic rings. The van der Waals surface area contributed by atoms with Crippen LogP contribution in [0.15, 0.2) is 0 Å². The maximum absolute atomic E-state index is 11.9. The van der Waals surface area contributed by atoms with Crippen LogP contribution in [-0.4, -0.2) is 34.1 Å². The van der Waals surface area contributed by atoms with Gasteiger partial charge in [0.2, 0.25) is 0 Å². The zero-order valence-electron chi connectivity index (χ0n) is 6.79. The first-order valence-electron chi connectivity index (χ1n) is 3.77. The molecule has 1 fully saturated rings. The number of nitrogens with zero attached hydrogens (tertiary/aromatic N) is 1. The van der Waals surface area contributed by atoms with E-state index in [0.29, 0.717) is 13.1 Å². The first-order valence-corrected chi connectivity index (χ1v) is 4.84. The fraction of sp³-hybridized carbons (Fsp3) is 1.00. The Morgan fingerprint density at radius 1 is 1.50 bits per heavy atom. The highest BCUT2D eigenvalue weighted by molar-refractivity contribution is 14.1. The lowest BCUT2D eigenvalue weighted by Gasteiger charge is -2.19. The summed E-state index contributed by atoms with van der Waals surface area (Å²) < 4.78 is 35.8. The van der Waals surface area contributed by atoms with E-state index in [1.165, 1.54) is 4.90 Å². The highest BCUT2D eigenvalue weighted by Gasteiger charge is 2.37. The molecule has 0 aromatic carbocycles. The van der Waals surface area contributed by atoms with Crippen LogP contribution in [0.25, 0.3) is 0 Å². The van der Waals surface area contributed by atoms with Crippen molar-refractivity contribution in [1.29, 1.82) is 0 Å². The van der Waals surface area contributed by atoms with Gasteiger partial charge >= 0.3 is 6.18 Å². The monoisotopic (exact) mass is 293 g/mol. The highest BCUT2D eigenvalue weighted by atomic mass is 127.